The molecule has 0 spiro atoms. The molecule has 4 heteroatoms. The zero-order valence-corrected chi connectivity index (χ0v) is 9.28. The maximum Gasteiger partial charge on any atom is 0.223 e. The molecule has 72 valence electrons. The van der Waals surface area contributed by atoms with Gasteiger partial charge >= 0.3 is 0 Å². The van der Waals surface area contributed by atoms with Crippen molar-refractivity contribution >= 4 is 15.9 Å². The first-order valence-electron chi connectivity index (χ1n) is 4.27. The average Bonchev–Trinajstić information content (AvgIpc) is 2.51. The van der Waals surface area contributed by atoms with Crippen molar-refractivity contribution in [2.24, 2.45) is 0 Å². The molecule has 0 saturated carbocycles. The highest BCUT2D eigenvalue weighted by atomic mass is 79.9. The largest absolute Gasteiger partial charge is 0.340 e. The highest BCUT2D eigenvalue weighted by Crippen LogP contribution is 2.13. The van der Waals surface area contributed by atoms with Crippen molar-refractivity contribution in [2.45, 2.75) is 13.3 Å². The second kappa shape index (κ2) is 3.92. The maximum atomic E-state index is 4.89. The Balaban J connectivity index is 2.18. The standard InChI is InChI=1S/C10H9BrN2O/c1-7-12-10(13-14-7)6-8-3-2-4-9(11)5-8/h2-5H,6H2,1H3. The van der Waals surface area contributed by atoms with Gasteiger partial charge in [-0.15, -0.1) is 0 Å². The van der Waals surface area contributed by atoms with Crippen LogP contribution in [-0.2, 0) is 6.42 Å². The lowest BCUT2D eigenvalue weighted by atomic mass is 10.1. The minimum absolute atomic E-state index is 0.606. The molecule has 0 aliphatic rings. The first-order valence-corrected chi connectivity index (χ1v) is 5.07. The van der Waals surface area contributed by atoms with Crippen LogP contribution in [0.5, 0.6) is 0 Å². The second-order valence-electron chi connectivity index (χ2n) is 3.04. The molecular weight excluding hydrogens is 244 g/mol. The van der Waals surface area contributed by atoms with Gasteiger partial charge in [0.25, 0.3) is 0 Å². The normalized spacial score (nSPS) is 10.4. The van der Waals surface area contributed by atoms with E-state index in [0.717, 1.165) is 10.3 Å². The van der Waals surface area contributed by atoms with Crippen molar-refractivity contribution in [1.29, 1.82) is 0 Å². The Kier molecular flexibility index (Phi) is 2.63. The Morgan fingerprint density at radius 1 is 1.43 bits per heavy atom. The van der Waals surface area contributed by atoms with Crippen LogP contribution >= 0.6 is 15.9 Å². The van der Waals surface area contributed by atoms with Gasteiger partial charge in [-0.05, 0) is 17.7 Å². The van der Waals surface area contributed by atoms with Gasteiger partial charge in [-0.1, -0.05) is 33.2 Å². The van der Waals surface area contributed by atoms with Crippen molar-refractivity contribution in [1.82, 2.24) is 10.1 Å². The Morgan fingerprint density at radius 2 is 2.29 bits per heavy atom. The lowest BCUT2D eigenvalue weighted by Crippen LogP contribution is -1.90. The van der Waals surface area contributed by atoms with Gasteiger partial charge in [-0.2, -0.15) is 4.98 Å². The van der Waals surface area contributed by atoms with E-state index >= 15 is 0 Å². The number of benzene rings is 1. The van der Waals surface area contributed by atoms with Crippen LogP contribution in [0.3, 0.4) is 0 Å². The molecule has 0 unspecified atom stereocenters. The Bertz CT molecular complexity index is 439. The summed E-state index contributed by atoms with van der Waals surface area (Å²) in [6.07, 6.45) is 0.705. The molecule has 0 amide bonds. The molecule has 2 rings (SSSR count). The third kappa shape index (κ3) is 2.20. The summed E-state index contributed by atoms with van der Waals surface area (Å²) in [6, 6.07) is 8.07. The van der Waals surface area contributed by atoms with Gasteiger partial charge in [-0.25, -0.2) is 0 Å². The lowest BCUT2D eigenvalue weighted by molar-refractivity contribution is 0.388. The van der Waals surface area contributed by atoms with E-state index in [2.05, 4.69) is 26.1 Å². The van der Waals surface area contributed by atoms with Crippen molar-refractivity contribution in [2.75, 3.05) is 0 Å². The Hall–Kier alpha value is -1.16. The van der Waals surface area contributed by atoms with E-state index in [0.29, 0.717) is 12.3 Å². The zero-order chi connectivity index (χ0) is 9.97. The summed E-state index contributed by atoms with van der Waals surface area (Å²) in [5.74, 6) is 1.33. The highest BCUT2D eigenvalue weighted by molar-refractivity contribution is 9.10. The molecule has 0 atom stereocenters. The molecule has 0 saturated heterocycles. The molecule has 0 aliphatic carbocycles. The summed E-state index contributed by atoms with van der Waals surface area (Å²) in [4.78, 5) is 4.14. The van der Waals surface area contributed by atoms with Crippen LogP contribution in [0.4, 0.5) is 0 Å². The molecule has 0 aliphatic heterocycles. The second-order valence-corrected chi connectivity index (χ2v) is 3.95. The van der Waals surface area contributed by atoms with Gasteiger partial charge in [0.05, 0.1) is 0 Å². The van der Waals surface area contributed by atoms with E-state index in [4.69, 9.17) is 4.52 Å². The molecule has 14 heavy (non-hydrogen) atoms. The number of rotatable bonds is 2. The van der Waals surface area contributed by atoms with Crippen molar-refractivity contribution < 1.29 is 4.52 Å². The minimum Gasteiger partial charge on any atom is -0.340 e. The third-order valence-corrected chi connectivity index (χ3v) is 2.31. The first-order chi connectivity index (χ1) is 6.74. The number of halogens is 1. The summed E-state index contributed by atoms with van der Waals surface area (Å²) in [5, 5.41) is 3.84. The van der Waals surface area contributed by atoms with E-state index in [1.807, 2.05) is 24.3 Å². The molecule has 1 aromatic carbocycles. The van der Waals surface area contributed by atoms with Crippen LogP contribution in [-0.4, -0.2) is 10.1 Å². The van der Waals surface area contributed by atoms with Gasteiger partial charge in [-0.3, -0.25) is 0 Å². The van der Waals surface area contributed by atoms with E-state index in [-0.39, 0.29) is 0 Å². The minimum atomic E-state index is 0.606. The van der Waals surface area contributed by atoms with E-state index in [9.17, 15) is 0 Å². The molecule has 1 heterocycles. The number of hydrogen-bond acceptors (Lipinski definition) is 3. The fourth-order valence-corrected chi connectivity index (χ4v) is 1.69. The average molecular weight is 253 g/mol. The van der Waals surface area contributed by atoms with E-state index in [1.54, 1.807) is 6.92 Å². The number of aryl methyl sites for hydroxylation is 1. The molecular formula is C10H9BrN2O. The summed E-state index contributed by atoms with van der Waals surface area (Å²) >= 11 is 3.42. The maximum absolute atomic E-state index is 4.89. The topological polar surface area (TPSA) is 38.9 Å². The fraction of sp³-hybridized carbons (Fsp3) is 0.200. The van der Waals surface area contributed by atoms with Crippen molar-refractivity contribution in [3.8, 4) is 0 Å². The van der Waals surface area contributed by atoms with Crippen LogP contribution < -0.4 is 0 Å². The molecule has 0 N–H and O–H groups in total. The smallest absolute Gasteiger partial charge is 0.223 e. The Labute approximate surface area is 90.3 Å². The molecule has 0 bridgehead atoms. The van der Waals surface area contributed by atoms with Gasteiger partial charge < -0.3 is 4.52 Å². The highest BCUT2D eigenvalue weighted by Gasteiger charge is 2.03. The molecule has 3 nitrogen and oxygen atoms in total. The van der Waals surface area contributed by atoms with E-state index in [1.165, 1.54) is 5.56 Å². The van der Waals surface area contributed by atoms with Crippen LogP contribution in [0.15, 0.2) is 33.3 Å². The number of aromatic nitrogens is 2. The van der Waals surface area contributed by atoms with Crippen molar-refractivity contribution in [3.05, 3.63) is 46.0 Å². The summed E-state index contributed by atoms with van der Waals surface area (Å²) in [6.45, 7) is 1.79. The SMILES string of the molecule is Cc1nc(Cc2cccc(Br)c2)no1. The predicted molar refractivity (Wildman–Crippen MR) is 56.0 cm³/mol. The van der Waals surface area contributed by atoms with Gasteiger partial charge in [0.1, 0.15) is 0 Å². The van der Waals surface area contributed by atoms with Gasteiger partial charge in [0, 0.05) is 17.8 Å². The summed E-state index contributed by atoms with van der Waals surface area (Å²) in [7, 11) is 0. The van der Waals surface area contributed by atoms with Crippen LogP contribution in [0.2, 0.25) is 0 Å². The van der Waals surface area contributed by atoms with Gasteiger partial charge in [0.15, 0.2) is 5.82 Å². The number of nitrogens with zero attached hydrogens (tertiary/aromatic N) is 2. The predicted octanol–water partition coefficient (Wildman–Crippen LogP) is 2.73. The third-order valence-electron chi connectivity index (χ3n) is 1.82. The van der Waals surface area contributed by atoms with Crippen LogP contribution in [0, 0.1) is 6.92 Å². The van der Waals surface area contributed by atoms with Crippen LogP contribution in [0.25, 0.3) is 0 Å². The molecule has 0 fully saturated rings. The van der Waals surface area contributed by atoms with Crippen molar-refractivity contribution in [3.63, 3.8) is 0 Å². The van der Waals surface area contributed by atoms with Gasteiger partial charge in [0.2, 0.25) is 5.89 Å². The summed E-state index contributed by atoms with van der Waals surface area (Å²) < 4.78 is 5.96. The number of hydrogen-bond donors (Lipinski definition) is 0. The monoisotopic (exact) mass is 252 g/mol. The lowest BCUT2D eigenvalue weighted by Gasteiger charge is -1.96. The van der Waals surface area contributed by atoms with Crippen LogP contribution in [0.1, 0.15) is 17.3 Å². The molecule has 0 radical (unpaired) electrons. The Morgan fingerprint density at radius 3 is 2.93 bits per heavy atom. The quantitative estimate of drug-likeness (QED) is 0.825. The van der Waals surface area contributed by atoms with E-state index < -0.39 is 0 Å². The molecule has 1 aromatic heterocycles. The first kappa shape index (κ1) is 9.40. The zero-order valence-electron chi connectivity index (χ0n) is 7.70. The summed E-state index contributed by atoms with van der Waals surface area (Å²) in [5.41, 5.74) is 1.17. The fourth-order valence-electron chi connectivity index (χ4n) is 1.24. The molecule has 2 aromatic rings.